The van der Waals surface area contributed by atoms with Gasteiger partial charge in [0.25, 0.3) is 5.91 Å². The van der Waals surface area contributed by atoms with E-state index in [0.717, 1.165) is 18.2 Å². The van der Waals surface area contributed by atoms with Crippen molar-refractivity contribution in [2.24, 2.45) is 5.73 Å². The zero-order valence-corrected chi connectivity index (χ0v) is 22.2. The molecule has 3 N–H and O–H groups in total. The Hall–Kier alpha value is -3.35. The van der Waals surface area contributed by atoms with Gasteiger partial charge in [0, 0.05) is 19.7 Å². The molecule has 8 nitrogen and oxygen atoms in total. The molecule has 0 radical (unpaired) electrons. The Morgan fingerprint density at radius 2 is 1.87 bits per heavy atom. The van der Waals surface area contributed by atoms with Crippen molar-refractivity contribution >= 4 is 5.91 Å². The maximum absolute atomic E-state index is 14.7. The van der Waals surface area contributed by atoms with Crippen molar-refractivity contribution in [3.63, 3.8) is 0 Å². The Labute approximate surface area is 224 Å². The molecule has 0 spiro atoms. The molecule has 0 bridgehead atoms. The molecule has 1 amide bonds. The van der Waals surface area contributed by atoms with Gasteiger partial charge in [0.15, 0.2) is 11.6 Å². The van der Waals surface area contributed by atoms with Crippen molar-refractivity contribution in [3.8, 4) is 11.4 Å². The van der Waals surface area contributed by atoms with Gasteiger partial charge in [-0.25, -0.2) is 27.2 Å². The molecule has 0 fully saturated rings. The van der Waals surface area contributed by atoms with Crippen molar-refractivity contribution in [1.82, 2.24) is 19.7 Å². The van der Waals surface area contributed by atoms with Crippen LogP contribution in [0.1, 0.15) is 44.6 Å². The van der Waals surface area contributed by atoms with Gasteiger partial charge in [-0.15, -0.1) is 0 Å². The summed E-state index contributed by atoms with van der Waals surface area (Å²) in [5, 5.41) is 14.6. The van der Waals surface area contributed by atoms with Crippen molar-refractivity contribution in [1.29, 1.82) is 0 Å². The molecule has 1 heterocycles. The van der Waals surface area contributed by atoms with E-state index in [4.69, 9.17) is 10.5 Å². The molecule has 3 aromatic rings. The summed E-state index contributed by atoms with van der Waals surface area (Å²) in [6.07, 6.45) is -1.39. The van der Waals surface area contributed by atoms with Crippen LogP contribution >= 0.6 is 0 Å². The number of methoxy groups -OCH3 is 1. The van der Waals surface area contributed by atoms with E-state index in [2.05, 4.69) is 10.1 Å². The first-order valence-electron chi connectivity index (χ1n) is 12.4. The van der Waals surface area contributed by atoms with E-state index in [1.807, 2.05) is 0 Å². The lowest BCUT2D eigenvalue weighted by Crippen LogP contribution is -2.51. The molecule has 39 heavy (non-hydrogen) atoms. The number of alkyl halides is 1. The molecule has 0 aliphatic rings. The topological polar surface area (TPSA) is 107 Å². The monoisotopic (exact) mass is 551 g/mol. The molecule has 12 heteroatoms. The Morgan fingerprint density at radius 1 is 1.18 bits per heavy atom. The van der Waals surface area contributed by atoms with Crippen LogP contribution in [0.25, 0.3) is 11.4 Å². The highest BCUT2D eigenvalue weighted by atomic mass is 19.1. The third-order valence-electron chi connectivity index (χ3n) is 6.41. The highest BCUT2D eigenvalue weighted by Crippen LogP contribution is 2.36. The fraction of sp³-hybridized carbons (Fsp3) is 0.444. The number of aromatic nitrogens is 3. The number of hydrogen-bond donors (Lipinski definition) is 2. The van der Waals surface area contributed by atoms with Gasteiger partial charge in [0.1, 0.15) is 36.3 Å². The lowest BCUT2D eigenvalue weighted by atomic mass is 9.94. The first kappa shape index (κ1) is 30.2. The summed E-state index contributed by atoms with van der Waals surface area (Å²) in [6.45, 7) is 3.66. The number of rotatable bonds is 12. The highest BCUT2D eigenvalue weighted by Gasteiger charge is 2.43. The quantitative estimate of drug-likeness (QED) is 0.332. The third-order valence-corrected chi connectivity index (χ3v) is 6.41. The van der Waals surface area contributed by atoms with Crippen LogP contribution < -0.4 is 5.73 Å². The van der Waals surface area contributed by atoms with Gasteiger partial charge in [-0.3, -0.25) is 4.79 Å². The first-order valence-corrected chi connectivity index (χ1v) is 12.4. The molecule has 0 aliphatic carbocycles. The molecule has 0 unspecified atom stereocenters. The van der Waals surface area contributed by atoms with E-state index in [0.29, 0.717) is 5.56 Å². The summed E-state index contributed by atoms with van der Waals surface area (Å²) in [5.74, 6) is -2.79. The lowest BCUT2D eigenvalue weighted by Gasteiger charge is -2.41. The summed E-state index contributed by atoms with van der Waals surface area (Å²) in [7, 11) is 1.41. The lowest BCUT2D eigenvalue weighted by molar-refractivity contribution is -0.150. The average molecular weight is 552 g/mol. The van der Waals surface area contributed by atoms with E-state index in [1.54, 1.807) is 19.9 Å². The van der Waals surface area contributed by atoms with Gasteiger partial charge in [-0.1, -0.05) is 12.1 Å². The molecule has 3 atom stereocenters. The second-order valence-electron chi connectivity index (χ2n) is 9.83. The number of hydrogen-bond acceptors (Lipinski definition) is 6. The smallest absolute Gasteiger partial charge is 0.251 e. The fourth-order valence-corrected chi connectivity index (χ4v) is 4.19. The number of amides is 1. The van der Waals surface area contributed by atoms with E-state index >= 15 is 0 Å². The molecular weight excluding hydrogens is 518 g/mol. The zero-order valence-electron chi connectivity index (χ0n) is 22.2. The van der Waals surface area contributed by atoms with Crippen LogP contribution in [-0.4, -0.2) is 68.8 Å². The summed E-state index contributed by atoms with van der Waals surface area (Å²) < 4.78 is 63.1. The molecule has 1 aromatic heterocycles. The predicted octanol–water partition coefficient (Wildman–Crippen LogP) is 3.77. The Balaban J connectivity index is 2.26. The molecule has 212 valence electrons. The van der Waals surface area contributed by atoms with Crippen molar-refractivity contribution in [2.75, 3.05) is 20.3 Å². The number of nitrogens with two attached hydrogens (primary N) is 1. The normalized spacial score (nSPS) is 14.2. The summed E-state index contributed by atoms with van der Waals surface area (Å²) in [4.78, 5) is 19.1. The average Bonchev–Trinajstić information content (AvgIpc) is 3.29. The van der Waals surface area contributed by atoms with Crippen LogP contribution in [0, 0.1) is 17.5 Å². The van der Waals surface area contributed by atoms with E-state index in [-0.39, 0.29) is 36.7 Å². The number of aliphatic hydroxyl groups excluding tert-OH is 1. The van der Waals surface area contributed by atoms with Crippen LogP contribution in [0.2, 0.25) is 0 Å². The van der Waals surface area contributed by atoms with Gasteiger partial charge in [-0.2, -0.15) is 5.10 Å². The standard InChI is InChI=1S/C27H33F4N5O3/c1-16(37)26(38)35(11-10-20(32)14-28)23(27(2,3)39-4)25-33-24(21-13-19(30)8-9-22(21)31)34-36(25)15-17-6-5-7-18(29)12-17/h5-9,12-13,16,20,23,37H,10-11,14-15,32H2,1-4H3/t16-,20-,23-/m0/s1. The van der Waals surface area contributed by atoms with Crippen LogP contribution in [-0.2, 0) is 16.1 Å². The van der Waals surface area contributed by atoms with Gasteiger partial charge in [0.05, 0.1) is 17.7 Å². The number of ether oxygens (including phenoxy) is 1. The largest absolute Gasteiger partial charge is 0.384 e. The van der Waals surface area contributed by atoms with Crippen molar-refractivity contribution in [2.45, 2.75) is 57.5 Å². The number of benzene rings is 2. The van der Waals surface area contributed by atoms with E-state index in [9.17, 15) is 27.5 Å². The summed E-state index contributed by atoms with van der Waals surface area (Å²) in [5.41, 5.74) is 4.85. The molecule has 0 saturated heterocycles. The minimum atomic E-state index is -1.44. The summed E-state index contributed by atoms with van der Waals surface area (Å²) in [6, 6.07) is 6.60. The number of aliphatic hydroxyl groups is 1. The van der Waals surface area contributed by atoms with Crippen molar-refractivity contribution in [3.05, 3.63) is 71.3 Å². The number of carbonyl (C=O) groups excluding carboxylic acids is 1. The minimum Gasteiger partial charge on any atom is -0.384 e. The fourth-order valence-electron chi connectivity index (χ4n) is 4.19. The van der Waals surface area contributed by atoms with Crippen LogP contribution in [0.5, 0.6) is 0 Å². The molecule has 0 aliphatic heterocycles. The third kappa shape index (κ3) is 7.20. The highest BCUT2D eigenvalue weighted by molar-refractivity contribution is 5.80. The molecular formula is C27H33F4N5O3. The number of halogens is 4. The van der Waals surface area contributed by atoms with Gasteiger partial charge in [-0.05, 0) is 63.1 Å². The van der Waals surface area contributed by atoms with E-state index < -0.39 is 53.8 Å². The molecule has 0 saturated carbocycles. The predicted molar refractivity (Wildman–Crippen MR) is 137 cm³/mol. The first-order chi connectivity index (χ1) is 18.4. The maximum Gasteiger partial charge on any atom is 0.251 e. The minimum absolute atomic E-state index is 0.0476. The van der Waals surface area contributed by atoms with Crippen LogP contribution in [0.3, 0.4) is 0 Å². The second-order valence-corrected chi connectivity index (χ2v) is 9.83. The van der Waals surface area contributed by atoms with E-state index in [1.165, 1.54) is 41.8 Å². The summed E-state index contributed by atoms with van der Waals surface area (Å²) >= 11 is 0. The zero-order chi connectivity index (χ0) is 28.9. The Bertz CT molecular complexity index is 1280. The van der Waals surface area contributed by atoms with Crippen LogP contribution in [0.4, 0.5) is 17.6 Å². The maximum atomic E-state index is 14.7. The Morgan fingerprint density at radius 3 is 2.49 bits per heavy atom. The van der Waals surface area contributed by atoms with Gasteiger partial charge >= 0.3 is 0 Å². The number of nitrogens with zero attached hydrogens (tertiary/aromatic N) is 4. The number of carbonyl (C=O) groups is 1. The SMILES string of the molecule is COC(C)(C)[C@H](c1nc(-c2cc(F)ccc2F)nn1Cc1cccc(F)c1)N(CC[C@H](N)CF)C(=O)[C@H](C)O. The Kier molecular flexibility index (Phi) is 9.81. The molecule has 3 rings (SSSR count). The van der Waals surface area contributed by atoms with Gasteiger partial charge in [0.2, 0.25) is 0 Å². The van der Waals surface area contributed by atoms with Gasteiger partial charge < -0.3 is 20.5 Å². The van der Waals surface area contributed by atoms with Crippen molar-refractivity contribution < 1.29 is 32.2 Å². The van der Waals surface area contributed by atoms with Crippen LogP contribution in [0.15, 0.2) is 42.5 Å². The second kappa shape index (κ2) is 12.7. The molecule has 2 aromatic carbocycles.